The third-order valence-electron chi connectivity index (χ3n) is 6.45. The number of nitrogens with zero attached hydrogens (tertiary/aromatic N) is 5. The molecule has 0 bridgehead atoms. The molecule has 3 aliphatic rings. The number of aryl methyl sites for hydroxylation is 1. The minimum absolute atomic E-state index is 0.000946. The lowest BCUT2D eigenvalue weighted by molar-refractivity contribution is -0.138. The number of hydrogen-bond donors (Lipinski definition) is 3. The summed E-state index contributed by atoms with van der Waals surface area (Å²) >= 11 is 0. The van der Waals surface area contributed by atoms with Crippen molar-refractivity contribution in [1.29, 1.82) is 0 Å². The van der Waals surface area contributed by atoms with Gasteiger partial charge in [0.1, 0.15) is 5.82 Å². The van der Waals surface area contributed by atoms with Gasteiger partial charge in [-0.3, -0.25) is 15.6 Å². The van der Waals surface area contributed by atoms with Gasteiger partial charge in [-0.05, 0) is 32.6 Å². The van der Waals surface area contributed by atoms with E-state index in [4.69, 9.17) is 15.8 Å². The van der Waals surface area contributed by atoms with Crippen molar-refractivity contribution >= 4 is 17.4 Å². The Morgan fingerprint density at radius 3 is 2.79 bits per heavy atom. The Bertz CT molecular complexity index is 905. The van der Waals surface area contributed by atoms with E-state index in [-0.39, 0.29) is 23.9 Å². The fraction of sp³-hybridized carbons (Fsp3) is 0.650. The first-order valence-electron chi connectivity index (χ1n) is 10.7. The average molecular weight is 399 g/mol. The van der Waals surface area contributed by atoms with E-state index in [1.807, 2.05) is 15.6 Å². The molecule has 156 valence electrons. The molecule has 2 aromatic heterocycles. The van der Waals surface area contributed by atoms with Gasteiger partial charge in [0.05, 0.1) is 17.7 Å². The van der Waals surface area contributed by atoms with Crippen molar-refractivity contribution in [2.75, 3.05) is 37.6 Å². The second-order valence-corrected chi connectivity index (χ2v) is 8.62. The number of hydrazine groups is 1. The summed E-state index contributed by atoms with van der Waals surface area (Å²) in [4.78, 5) is 22.3. The molecule has 29 heavy (non-hydrogen) atoms. The van der Waals surface area contributed by atoms with Gasteiger partial charge < -0.3 is 15.5 Å². The number of fused-ring (bicyclic) bond motifs is 1. The van der Waals surface area contributed by atoms with E-state index in [0.29, 0.717) is 13.1 Å². The van der Waals surface area contributed by atoms with Crippen LogP contribution in [-0.4, -0.2) is 64.2 Å². The Balaban J connectivity index is 1.44. The third-order valence-corrected chi connectivity index (χ3v) is 6.45. The van der Waals surface area contributed by atoms with Crippen molar-refractivity contribution in [3.8, 4) is 0 Å². The SMILES string of the molecule is Cc1cn2nc([C@@H]3CCCCN3C(=O)C3CNNC3)cc2nc1N1CC[C@H](N)C1. The van der Waals surface area contributed by atoms with E-state index in [1.165, 1.54) is 0 Å². The van der Waals surface area contributed by atoms with Crippen LogP contribution in [0.3, 0.4) is 0 Å². The number of aromatic nitrogens is 3. The molecule has 0 aromatic carbocycles. The number of nitrogens with two attached hydrogens (primary N) is 1. The van der Waals surface area contributed by atoms with Gasteiger partial charge in [0, 0.05) is 56.6 Å². The monoisotopic (exact) mass is 398 g/mol. The highest BCUT2D eigenvalue weighted by molar-refractivity contribution is 5.80. The second kappa shape index (κ2) is 7.55. The molecule has 0 spiro atoms. The smallest absolute Gasteiger partial charge is 0.228 e. The highest BCUT2D eigenvalue weighted by atomic mass is 16.2. The van der Waals surface area contributed by atoms with Gasteiger partial charge in [-0.15, -0.1) is 0 Å². The van der Waals surface area contributed by atoms with Crippen LogP contribution in [0.5, 0.6) is 0 Å². The predicted octanol–water partition coefficient (Wildman–Crippen LogP) is 0.353. The molecule has 0 aliphatic carbocycles. The molecule has 0 saturated carbocycles. The molecule has 0 radical (unpaired) electrons. The number of likely N-dealkylation sites (tertiary alicyclic amines) is 1. The predicted molar refractivity (Wildman–Crippen MR) is 110 cm³/mol. The summed E-state index contributed by atoms with van der Waals surface area (Å²) in [6.45, 7) is 6.05. The molecule has 2 atom stereocenters. The summed E-state index contributed by atoms with van der Waals surface area (Å²) in [7, 11) is 0. The summed E-state index contributed by atoms with van der Waals surface area (Å²) in [6.07, 6.45) is 6.18. The van der Waals surface area contributed by atoms with Crippen molar-refractivity contribution < 1.29 is 4.79 Å². The van der Waals surface area contributed by atoms with Crippen molar-refractivity contribution in [1.82, 2.24) is 30.3 Å². The van der Waals surface area contributed by atoms with Crippen LogP contribution in [-0.2, 0) is 4.79 Å². The van der Waals surface area contributed by atoms with Crippen molar-refractivity contribution in [3.63, 3.8) is 0 Å². The lowest BCUT2D eigenvalue weighted by atomic mass is 9.97. The van der Waals surface area contributed by atoms with Crippen LogP contribution in [0.1, 0.15) is 43.0 Å². The molecule has 5 rings (SSSR count). The van der Waals surface area contributed by atoms with E-state index in [1.54, 1.807) is 0 Å². The number of hydrogen-bond acceptors (Lipinski definition) is 7. The molecule has 3 aliphatic heterocycles. The number of piperidine rings is 1. The molecular weight excluding hydrogens is 368 g/mol. The molecule has 2 aromatic rings. The average Bonchev–Trinajstić information content (AvgIpc) is 3.47. The van der Waals surface area contributed by atoms with Gasteiger partial charge in [0.15, 0.2) is 5.65 Å². The van der Waals surface area contributed by atoms with Crippen molar-refractivity contribution in [2.24, 2.45) is 11.7 Å². The molecule has 0 unspecified atom stereocenters. The normalized spacial score (nSPS) is 26.0. The van der Waals surface area contributed by atoms with Crippen LogP contribution >= 0.6 is 0 Å². The van der Waals surface area contributed by atoms with Gasteiger partial charge in [0.25, 0.3) is 0 Å². The molecule has 9 nitrogen and oxygen atoms in total. The largest absolute Gasteiger partial charge is 0.355 e. The Labute approximate surface area is 170 Å². The van der Waals surface area contributed by atoms with Crippen LogP contribution in [0, 0.1) is 12.8 Å². The molecule has 1 amide bonds. The van der Waals surface area contributed by atoms with Crippen LogP contribution < -0.4 is 21.5 Å². The molecule has 3 fully saturated rings. The fourth-order valence-electron chi connectivity index (χ4n) is 4.86. The number of anilines is 1. The maximum absolute atomic E-state index is 13.1. The number of nitrogens with one attached hydrogen (secondary N) is 2. The molecule has 3 saturated heterocycles. The van der Waals surface area contributed by atoms with E-state index in [2.05, 4.69) is 28.7 Å². The third kappa shape index (κ3) is 3.47. The molecule has 9 heteroatoms. The lowest BCUT2D eigenvalue weighted by Gasteiger charge is -2.36. The number of amides is 1. The second-order valence-electron chi connectivity index (χ2n) is 8.62. The topological polar surface area (TPSA) is 104 Å². The van der Waals surface area contributed by atoms with Crippen LogP contribution in [0.25, 0.3) is 5.65 Å². The fourth-order valence-corrected chi connectivity index (χ4v) is 4.86. The standard InChI is InChI=1S/C20H30N8O/c1-13-11-28-18(24-19(13)26-7-5-15(21)12-26)8-16(25-28)17-4-2-3-6-27(17)20(29)14-9-22-23-10-14/h8,11,14-15,17,22-23H,2-7,9-10,12,21H2,1H3/t15-,17-/m0/s1. The molecular formula is C20H30N8O. The first kappa shape index (κ1) is 18.8. The Morgan fingerprint density at radius 2 is 2.03 bits per heavy atom. The molecule has 5 heterocycles. The van der Waals surface area contributed by atoms with Gasteiger partial charge in [-0.25, -0.2) is 9.50 Å². The summed E-state index contributed by atoms with van der Waals surface area (Å²) in [6, 6.07) is 2.30. The number of rotatable bonds is 3. The zero-order valence-electron chi connectivity index (χ0n) is 17.0. The first-order valence-corrected chi connectivity index (χ1v) is 10.7. The summed E-state index contributed by atoms with van der Waals surface area (Å²) in [5.74, 6) is 1.22. The summed E-state index contributed by atoms with van der Waals surface area (Å²) in [5.41, 5.74) is 15.1. The summed E-state index contributed by atoms with van der Waals surface area (Å²) < 4.78 is 1.86. The first-order chi connectivity index (χ1) is 14.1. The van der Waals surface area contributed by atoms with Gasteiger partial charge in [-0.1, -0.05) is 0 Å². The number of carbonyl (C=O) groups excluding carboxylic acids is 1. The van der Waals surface area contributed by atoms with E-state index in [0.717, 1.165) is 68.0 Å². The highest BCUT2D eigenvalue weighted by Gasteiger charge is 2.35. The van der Waals surface area contributed by atoms with Gasteiger partial charge >= 0.3 is 0 Å². The minimum Gasteiger partial charge on any atom is -0.355 e. The highest BCUT2D eigenvalue weighted by Crippen LogP contribution is 2.32. The maximum atomic E-state index is 13.1. The molecule has 4 N–H and O–H groups in total. The zero-order valence-corrected chi connectivity index (χ0v) is 17.0. The van der Waals surface area contributed by atoms with Crippen molar-refractivity contribution in [2.45, 2.75) is 44.7 Å². The van der Waals surface area contributed by atoms with Crippen molar-refractivity contribution in [3.05, 3.63) is 23.5 Å². The van der Waals surface area contributed by atoms with E-state index in [9.17, 15) is 4.79 Å². The quantitative estimate of drug-likeness (QED) is 0.685. The Hall–Kier alpha value is -2.23. The number of carbonyl (C=O) groups is 1. The Morgan fingerprint density at radius 1 is 1.21 bits per heavy atom. The minimum atomic E-state index is -0.000946. The van der Waals surface area contributed by atoms with E-state index < -0.39 is 0 Å². The Kier molecular flexibility index (Phi) is 4.89. The van der Waals surface area contributed by atoms with Crippen LogP contribution in [0.15, 0.2) is 12.3 Å². The van der Waals surface area contributed by atoms with Gasteiger partial charge in [-0.2, -0.15) is 5.10 Å². The summed E-state index contributed by atoms with van der Waals surface area (Å²) in [5, 5.41) is 4.82. The van der Waals surface area contributed by atoms with Crippen LogP contribution in [0.4, 0.5) is 5.82 Å². The maximum Gasteiger partial charge on any atom is 0.228 e. The van der Waals surface area contributed by atoms with E-state index >= 15 is 0 Å². The zero-order chi connectivity index (χ0) is 20.0. The van der Waals surface area contributed by atoms with Gasteiger partial charge in [0.2, 0.25) is 5.91 Å². The lowest BCUT2D eigenvalue weighted by Crippen LogP contribution is -2.43. The van der Waals surface area contributed by atoms with Crippen LogP contribution in [0.2, 0.25) is 0 Å².